The Bertz CT molecular complexity index is 757. The van der Waals surface area contributed by atoms with Crippen molar-refractivity contribution in [3.05, 3.63) is 34.3 Å². The predicted molar refractivity (Wildman–Crippen MR) is 83.2 cm³/mol. The van der Waals surface area contributed by atoms with Crippen molar-refractivity contribution >= 4 is 31.6 Å². The van der Waals surface area contributed by atoms with Gasteiger partial charge in [-0.2, -0.15) is 0 Å². The second kappa shape index (κ2) is 6.12. The van der Waals surface area contributed by atoms with Crippen LogP contribution >= 0.6 is 15.9 Å². The molecule has 0 aliphatic heterocycles. The van der Waals surface area contributed by atoms with Crippen molar-refractivity contribution in [1.82, 2.24) is 19.5 Å². The number of nitrogen functional groups attached to an aromatic ring is 1. The summed E-state index contributed by atoms with van der Waals surface area (Å²) in [6.45, 7) is 1.96. The number of aryl methyl sites for hydroxylation is 2. The van der Waals surface area contributed by atoms with Gasteiger partial charge in [-0.1, -0.05) is 0 Å². The molecular weight excluding hydrogens is 358 g/mol. The number of aromatic nitrogens is 3. The van der Waals surface area contributed by atoms with Crippen molar-refractivity contribution in [3.63, 3.8) is 0 Å². The van der Waals surface area contributed by atoms with E-state index in [0.29, 0.717) is 28.0 Å². The Hall–Kier alpha value is -1.45. The molecule has 1 heterocycles. The monoisotopic (exact) mass is 373 g/mol. The number of sulfonamides is 1. The Morgan fingerprint density at radius 3 is 2.76 bits per heavy atom. The van der Waals surface area contributed by atoms with E-state index in [9.17, 15) is 8.42 Å². The third-order valence-electron chi connectivity index (χ3n) is 3.03. The Balaban J connectivity index is 2.12. The molecule has 7 nitrogen and oxygen atoms in total. The second-order valence-electron chi connectivity index (χ2n) is 4.65. The summed E-state index contributed by atoms with van der Waals surface area (Å²) in [6, 6.07) is 3.14. The number of hydrogen-bond donors (Lipinski definition) is 2. The molecule has 0 aliphatic rings. The average molecular weight is 374 g/mol. The van der Waals surface area contributed by atoms with E-state index >= 15 is 0 Å². The van der Waals surface area contributed by atoms with Gasteiger partial charge in [-0.25, -0.2) is 13.1 Å². The molecular formula is C12H16BrN5O2S. The van der Waals surface area contributed by atoms with Gasteiger partial charge in [-0.05, 0) is 40.5 Å². The van der Waals surface area contributed by atoms with Gasteiger partial charge in [0.25, 0.3) is 0 Å². The maximum Gasteiger partial charge on any atom is 0.240 e. The lowest BCUT2D eigenvalue weighted by Crippen LogP contribution is -2.27. The van der Waals surface area contributed by atoms with Gasteiger partial charge in [0.05, 0.1) is 4.90 Å². The molecule has 2 aromatic rings. The molecule has 0 saturated heterocycles. The third kappa shape index (κ3) is 3.60. The lowest BCUT2D eigenvalue weighted by molar-refractivity contribution is 0.579. The SMILES string of the molecule is Cc1cc(Br)c(N)cc1S(=O)(=O)NCCc1nncn1C. The van der Waals surface area contributed by atoms with Crippen LogP contribution < -0.4 is 10.5 Å². The van der Waals surface area contributed by atoms with Crippen molar-refractivity contribution in [2.75, 3.05) is 12.3 Å². The molecule has 0 spiro atoms. The van der Waals surface area contributed by atoms with Crippen LogP contribution in [0.25, 0.3) is 0 Å². The van der Waals surface area contributed by atoms with E-state index in [1.807, 2.05) is 7.05 Å². The van der Waals surface area contributed by atoms with Crippen LogP contribution in [0.1, 0.15) is 11.4 Å². The van der Waals surface area contributed by atoms with E-state index in [0.717, 1.165) is 0 Å². The highest BCUT2D eigenvalue weighted by Crippen LogP contribution is 2.26. The number of nitrogens with zero attached hydrogens (tertiary/aromatic N) is 3. The molecule has 0 fully saturated rings. The molecule has 2 rings (SSSR count). The highest BCUT2D eigenvalue weighted by atomic mass is 79.9. The fraction of sp³-hybridized carbons (Fsp3) is 0.333. The lowest BCUT2D eigenvalue weighted by atomic mass is 10.2. The van der Waals surface area contributed by atoms with Crippen molar-refractivity contribution in [2.45, 2.75) is 18.2 Å². The van der Waals surface area contributed by atoms with Crippen LogP contribution in [0.2, 0.25) is 0 Å². The largest absolute Gasteiger partial charge is 0.398 e. The summed E-state index contributed by atoms with van der Waals surface area (Å²) in [6.07, 6.45) is 2.03. The van der Waals surface area contributed by atoms with Gasteiger partial charge in [0, 0.05) is 30.2 Å². The van der Waals surface area contributed by atoms with E-state index in [2.05, 4.69) is 30.8 Å². The molecule has 0 radical (unpaired) electrons. The van der Waals surface area contributed by atoms with Gasteiger partial charge >= 0.3 is 0 Å². The summed E-state index contributed by atoms with van der Waals surface area (Å²) < 4.78 is 29.6. The topological polar surface area (TPSA) is 103 Å². The van der Waals surface area contributed by atoms with Crippen LogP contribution in [0.15, 0.2) is 27.8 Å². The normalized spacial score (nSPS) is 11.8. The summed E-state index contributed by atoms with van der Waals surface area (Å²) in [5.41, 5.74) is 6.76. The summed E-state index contributed by atoms with van der Waals surface area (Å²) >= 11 is 3.28. The molecule has 1 aromatic carbocycles. The molecule has 0 bridgehead atoms. The Morgan fingerprint density at radius 2 is 2.14 bits per heavy atom. The first-order valence-corrected chi connectivity index (χ1v) is 8.47. The first kappa shape index (κ1) is 15.9. The zero-order valence-electron chi connectivity index (χ0n) is 11.7. The standard InChI is InChI=1S/C12H16BrN5O2S/c1-8-5-9(13)10(14)6-11(8)21(19,20)16-4-3-12-17-15-7-18(12)2/h5-7,16H,3-4,14H2,1-2H3. The van der Waals surface area contributed by atoms with Crippen LogP contribution in [0.5, 0.6) is 0 Å². The minimum atomic E-state index is -3.60. The van der Waals surface area contributed by atoms with Gasteiger partial charge in [-0.15, -0.1) is 10.2 Å². The van der Waals surface area contributed by atoms with E-state index in [-0.39, 0.29) is 11.4 Å². The summed E-state index contributed by atoms with van der Waals surface area (Å²) in [5, 5.41) is 7.65. The lowest BCUT2D eigenvalue weighted by Gasteiger charge is -2.11. The number of rotatable bonds is 5. The molecule has 0 atom stereocenters. The minimum absolute atomic E-state index is 0.182. The summed E-state index contributed by atoms with van der Waals surface area (Å²) in [7, 11) is -1.80. The van der Waals surface area contributed by atoms with Gasteiger partial charge < -0.3 is 10.3 Å². The highest BCUT2D eigenvalue weighted by Gasteiger charge is 2.18. The smallest absolute Gasteiger partial charge is 0.240 e. The van der Waals surface area contributed by atoms with Crippen molar-refractivity contribution in [3.8, 4) is 0 Å². The van der Waals surface area contributed by atoms with Gasteiger partial charge in [0.2, 0.25) is 10.0 Å². The van der Waals surface area contributed by atoms with Crippen LogP contribution in [-0.4, -0.2) is 29.7 Å². The molecule has 0 saturated carbocycles. The maximum absolute atomic E-state index is 12.3. The molecule has 3 N–H and O–H groups in total. The number of benzene rings is 1. The Kier molecular flexibility index (Phi) is 4.64. The molecule has 0 aliphatic carbocycles. The Morgan fingerprint density at radius 1 is 1.43 bits per heavy atom. The van der Waals surface area contributed by atoms with Crippen LogP contribution in [0, 0.1) is 6.92 Å². The zero-order chi connectivity index (χ0) is 15.6. The van der Waals surface area contributed by atoms with Gasteiger partial charge in [-0.3, -0.25) is 0 Å². The summed E-state index contributed by atoms with van der Waals surface area (Å²) in [4.78, 5) is 0.182. The molecule has 0 unspecified atom stereocenters. The third-order valence-corrected chi connectivity index (χ3v) is 5.32. The van der Waals surface area contributed by atoms with E-state index in [1.54, 1.807) is 23.9 Å². The first-order chi connectivity index (χ1) is 9.81. The zero-order valence-corrected chi connectivity index (χ0v) is 14.1. The summed E-state index contributed by atoms with van der Waals surface area (Å²) in [5.74, 6) is 0.713. The fourth-order valence-corrected chi connectivity index (χ4v) is 3.62. The first-order valence-electron chi connectivity index (χ1n) is 6.19. The van der Waals surface area contributed by atoms with E-state index < -0.39 is 10.0 Å². The molecule has 0 amide bonds. The number of hydrogen-bond acceptors (Lipinski definition) is 5. The van der Waals surface area contributed by atoms with Crippen LogP contribution in [-0.2, 0) is 23.5 Å². The fourth-order valence-electron chi connectivity index (χ4n) is 1.87. The van der Waals surface area contributed by atoms with Gasteiger partial charge in [0.15, 0.2) is 0 Å². The maximum atomic E-state index is 12.3. The molecule has 1 aromatic heterocycles. The number of halogens is 1. The van der Waals surface area contributed by atoms with E-state index in [4.69, 9.17) is 5.73 Å². The molecule has 9 heteroatoms. The van der Waals surface area contributed by atoms with Crippen LogP contribution in [0.3, 0.4) is 0 Å². The highest BCUT2D eigenvalue weighted by molar-refractivity contribution is 9.10. The number of nitrogens with one attached hydrogen (secondary N) is 1. The van der Waals surface area contributed by atoms with Crippen molar-refractivity contribution in [2.24, 2.45) is 7.05 Å². The Labute approximate surface area is 131 Å². The second-order valence-corrected chi connectivity index (χ2v) is 7.23. The van der Waals surface area contributed by atoms with Crippen molar-refractivity contribution in [1.29, 1.82) is 0 Å². The van der Waals surface area contributed by atoms with Crippen LogP contribution in [0.4, 0.5) is 5.69 Å². The quantitative estimate of drug-likeness (QED) is 0.760. The van der Waals surface area contributed by atoms with Gasteiger partial charge in [0.1, 0.15) is 12.2 Å². The molecule has 21 heavy (non-hydrogen) atoms. The number of anilines is 1. The minimum Gasteiger partial charge on any atom is -0.398 e. The predicted octanol–water partition coefficient (Wildman–Crippen LogP) is 0.989. The molecule has 114 valence electrons. The average Bonchev–Trinajstić information content (AvgIpc) is 2.79. The van der Waals surface area contributed by atoms with E-state index in [1.165, 1.54) is 6.07 Å². The van der Waals surface area contributed by atoms with Crippen molar-refractivity contribution < 1.29 is 8.42 Å². The number of nitrogens with two attached hydrogens (primary N) is 1.